The van der Waals surface area contributed by atoms with Crippen molar-refractivity contribution in [2.75, 3.05) is 0 Å². The smallest absolute Gasteiger partial charge is 0.0471 e. The van der Waals surface area contributed by atoms with Gasteiger partial charge in [-0.25, -0.2) is 0 Å². The monoisotopic (exact) mass is 243 g/mol. The zero-order valence-electron chi connectivity index (χ0n) is 13.0. The third kappa shape index (κ3) is 5.01. The van der Waals surface area contributed by atoms with Crippen LogP contribution in [0.25, 0.3) is 0 Å². The van der Waals surface area contributed by atoms with Crippen molar-refractivity contribution >= 4 is 8.07 Å². The molecule has 2 heteroatoms. The molecular weight excluding hydrogens is 210 g/mol. The second-order valence-corrected chi connectivity index (χ2v) is 12.7. The Bertz CT molecular complexity index is 185. The Hall–Kier alpha value is 0.177. The predicted molar refractivity (Wildman–Crippen MR) is 79.0 cm³/mol. The lowest BCUT2D eigenvalue weighted by atomic mass is 10.1. The minimum absolute atomic E-state index is 0.656. The zero-order valence-corrected chi connectivity index (χ0v) is 14.0. The number of hydrogen-bond donors (Lipinski definition) is 0. The lowest BCUT2D eigenvalue weighted by Gasteiger charge is -2.39. The molecule has 2 atom stereocenters. The van der Waals surface area contributed by atoms with Crippen LogP contribution in [-0.4, -0.2) is 31.1 Å². The van der Waals surface area contributed by atoms with E-state index in [9.17, 15) is 0 Å². The molecule has 0 aliphatic heterocycles. The van der Waals surface area contributed by atoms with E-state index in [1.165, 1.54) is 6.42 Å². The van der Waals surface area contributed by atoms with Crippen LogP contribution in [0.15, 0.2) is 0 Å². The highest BCUT2D eigenvalue weighted by Crippen LogP contribution is 2.28. The topological polar surface area (TPSA) is 3.24 Å². The van der Waals surface area contributed by atoms with E-state index in [4.69, 9.17) is 0 Å². The normalized spacial score (nSPS) is 17.2. The highest BCUT2D eigenvalue weighted by atomic mass is 28.3. The molecule has 0 aromatic rings. The fourth-order valence-corrected chi connectivity index (χ4v) is 3.65. The lowest BCUT2D eigenvalue weighted by Crippen LogP contribution is -2.45. The van der Waals surface area contributed by atoms with Crippen molar-refractivity contribution in [2.24, 2.45) is 0 Å². The Balaban J connectivity index is 4.48. The Kier molecular flexibility index (Phi) is 6.27. The summed E-state index contributed by atoms with van der Waals surface area (Å²) in [5, 5.41) is 0. The first-order valence-corrected chi connectivity index (χ1v) is 10.4. The molecule has 0 bridgehead atoms. The van der Waals surface area contributed by atoms with Gasteiger partial charge in [-0.3, -0.25) is 4.90 Å². The average molecular weight is 244 g/mol. The van der Waals surface area contributed by atoms with Crippen molar-refractivity contribution in [1.29, 1.82) is 0 Å². The maximum absolute atomic E-state index is 2.65. The van der Waals surface area contributed by atoms with Gasteiger partial charge in [-0.15, -0.1) is 0 Å². The van der Waals surface area contributed by atoms with E-state index in [0.29, 0.717) is 18.1 Å². The summed E-state index contributed by atoms with van der Waals surface area (Å²) in [6.07, 6.45) is 1.35. The molecule has 1 nitrogen and oxygen atoms in total. The molecule has 0 spiro atoms. The lowest BCUT2D eigenvalue weighted by molar-refractivity contribution is 0.116. The van der Waals surface area contributed by atoms with Crippen molar-refractivity contribution < 1.29 is 0 Å². The third-order valence-corrected chi connectivity index (χ3v) is 7.07. The third-order valence-electron chi connectivity index (χ3n) is 3.87. The molecular formula is C14H33NSi. The van der Waals surface area contributed by atoms with Gasteiger partial charge in [0.05, 0.1) is 0 Å². The number of nitrogens with zero attached hydrogens (tertiary/aromatic N) is 1. The first-order chi connectivity index (χ1) is 7.07. The Morgan fingerprint density at radius 1 is 0.812 bits per heavy atom. The molecule has 16 heavy (non-hydrogen) atoms. The van der Waals surface area contributed by atoms with E-state index in [2.05, 4.69) is 66.1 Å². The van der Waals surface area contributed by atoms with Gasteiger partial charge in [-0.05, 0) is 46.6 Å². The Labute approximate surface area is 105 Å². The van der Waals surface area contributed by atoms with E-state index >= 15 is 0 Å². The molecule has 0 rings (SSSR count). The van der Waals surface area contributed by atoms with Crippen LogP contribution in [0.5, 0.6) is 0 Å². The molecule has 98 valence electrons. The van der Waals surface area contributed by atoms with Gasteiger partial charge in [-0.2, -0.15) is 0 Å². The summed E-state index contributed by atoms with van der Waals surface area (Å²) < 4.78 is 0. The van der Waals surface area contributed by atoms with Crippen LogP contribution < -0.4 is 0 Å². The second kappa shape index (κ2) is 6.20. The van der Waals surface area contributed by atoms with Gasteiger partial charge in [0.25, 0.3) is 0 Å². The summed E-state index contributed by atoms with van der Waals surface area (Å²) >= 11 is 0. The molecule has 0 aliphatic rings. The van der Waals surface area contributed by atoms with E-state index in [-0.39, 0.29) is 0 Å². The van der Waals surface area contributed by atoms with Crippen LogP contribution in [0.3, 0.4) is 0 Å². The summed E-state index contributed by atoms with van der Waals surface area (Å²) in [7, 11) is -0.965. The molecule has 0 heterocycles. The Morgan fingerprint density at radius 2 is 1.19 bits per heavy atom. The van der Waals surface area contributed by atoms with Crippen LogP contribution in [0.2, 0.25) is 25.2 Å². The van der Waals surface area contributed by atoms with Crippen LogP contribution in [0.4, 0.5) is 0 Å². The van der Waals surface area contributed by atoms with Gasteiger partial charge < -0.3 is 0 Å². The minimum Gasteiger partial charge on any atom is -0.296 e. The largest absolute Gasteiger partial charge is 0.296 e. The molecule has 0 aromatic heterocycles. The quantitative estimate of drug-likeness (QED) is 0.616. The molecule has 0 amide bonds. The van der Waals surface area contributed by atoms with Crippen LogP contribution in [0, 0.1) is 0 Å². The summed E-state index contributed by atoms with van der Waals surface area (Å²) in [5.74, 6) is 0. The molecule has 0 saturated carbocycles. The number of hydrogen-bond acceptors (Lipinski definition) is 1. The summed E-state index contributed by atoms with van der Waals surface area (Å²) in [4.78, 5) is 2.65. The summed E-state index contributed by atoms with van der Waals surface area (Å²) in [6.45, 7) is 21.6. The predicted octanol–water partition coefficient (Wildman–Crippen LogP) is 4.61. The first kappa shape index (κ1) is 16.2. The maximum Gasteiger partial charge on any atom is 0.0471 e. The van der Waals surface area contributed by atoms with Crippen LogP contribution in [-0.2, 0) is 0 Å². The van der Waals surface area contributed by atoms with Crippen molar-refractivity contribution in [3.63, 3.8) is 0 Å². The molecule has 0 fully saturated rings. The highest BCUT2D eigenvalue weighted by molar-refractivity contribution is 6.77. The highest BCUT2D eigenvalue weighted by Gasteiger charge is 2.27. The van der Waals surface area contributed by atoms with Crippen molar-refractivity contribution in [3.05, 3.63) is 0 Å². The maximum atomic E-state index is 2.65. The molecule has 2 unspecified atom stereocenters. The van der Waals surface area contributed by atoms with Crippen LogP contribution >= 0.6 is 0 Å². The van der Waals surface area contributed by atoms with Crippen molar-refractivity contribution in [1.82, 2.24) is 4.90 Å². The SMILES string of the molecule is CC(C)N(C(C)C)C(C)CC(C)[Si](C)(C)C. The van der Waals surface area contributed by atoms with Gasteiger partial charge in [0, 0.05) is 26.2 Å². The van der Waals surface area contributed by atoms with Gasteiger partial charge in [0.15, 0.2) is 0 Å². The van der Waals surface area contributed by atoms with Crippen molar-refractivity contribution in [2.45, 2.75) is 91.3 Å². The minimum atomic E-state index is -0.965. The van der Waals surface area contributed by atoms with Gasteiger partial charge in [-0.1, -0.05) is 26.6 Å². The fourth-order valence-electron chi connectivity index (χ4n) is 2.60. The summed E-state index contributed by atoms with van der Waals surface area (Å²) in [6, 6.07) is 2.02. The second-order valence-electron chi connectivity index (χ2n) is 6.99. The van der Waals surface area contributed by atoms with E-state index < -0.39 is 8.07 Å². The number of rotatable bonds is 6. The Morgan fingerprint density at radius 3 is 1.44 bits per heavy atom. The zero-order chi connectivity index (χ0) is 13.1. The van der Waals surface area contributed by atoms with E-state index in [0.717, 1.165) is 5.54 Å². The molecule has 0 saturated heterocycles. The van der Waals surface area contributed by atoms with E-state index in [1.807, 2.05) is 0 Å². The average Bonchev–Trinajstić information content (AvgIpc) is 1.99. The molecule has 0 aromatic carbocycles. The summed E-state index contributed by atoms with van der Waals surface area (Å²) in [5.41, 5.74) is 0.905. The van der Waals surface area contributed by atoms with Gasteiger partial charge >= 0.3 is 0 Å². The molecule has 0 radical (unpaired) electrons. The van der Waals surface area contributed by atoms with E-state index in [1.54, 1.807) is 0 Å². The van der Waals surface area contributed by atoms with Gasteiger partial charge in [0.1, 0.15) is 0 Å². The van der Waals surface area contributed by atoms with Crippen molar-refractivity contribution in [3.8, 4) is 0 Å². The fraction of sp³-hybridized carbons (Fsp3) is 1.00. The van der Waals surface area contributed by atoms with Crippen LogP contribution in [0.1, 0.15) is 48.0 Å². The first-order valence-electron chi connectivity index (χ1n) is 6.84. The standard InChI is InChI=1S/C14H33NSi/c1-11(2)15(12(3)4)13(5)10-14(6)16(7,8)9/h11-14H,10H2,1-9H3. The van der Waals surface area contributed by atoms with Gasteiger partial charge in [0.2, 0.25) is 0 Å². The molecule has 0 aliphatic carbocycles. The molecule has 0 N–H and O–H groups in total.